The molecule has 0 aromatic carbocycles. The van der Waals surface area contributed by atoms with Gasteiger partial charge in [-0.05, 0) is 12.8 Å². The van der Waals surface area contributed by atoms with Gasteiger partial charge in [0.15, 0.2) is 0 Å². The monoisotopic (exact) mass is 581 g/mol. The van der Waals surface area contributed by atoms with Gasteiger partial charge in [-0.3, -0.25) is 9.59 Å². The van der Waals surface area contributed by atoms with Crippen LogP contribution in [0.1, 0.15) is 206 Å². The summed E-state index contributed by atoms with van der Waals surface area (Å²) < 4.78 is 5.03. The molecular formula is C37H72O4. The number of carboxylic acid groups (broad SMARTS) is 1. The van der Waals surface area contributed by atoms with Crippen LogP contribution in [0, 0.1) is 11.8 Å². The number of carboxylic acids is 1. The fourth-order valence-corrected chi connectivity index (χ4v) is 6.25. The smallest absolute Gasteiger partial charge is 0.309 e. The highest BCUT2D eigenvalue weighted by Gasteiger charge is 2.33. The predicted molar refractivity (Wildman–Crippen MR) is 176 cm³/mol. The highest BCUT2D eigenvalue weighted by molar-refractivity contribution is 5.81. The van der Waals surface area contributed by atoms with Gasteiger partial charge in [-0.15, -0.1) is 0 Å². The minimum Gasteiger partial charge on any atom is -0.481 e. The van der Waals surface area contributed by atoms with Gasteiger partial charge in [0.25, 0.3) is 0 Å². The third kappa shape index (κ3) is 26.3. The average molecular weight is 581 g/mol. The molecule has 0 bridgehead atoms. The Kier molecular flexibility index (Phi) is 31.0. The molecule has 4 nitrogen and oxygen atoms in total. The Morgan fingerprint density at radius 3 is 0.927 bits per heavy atom. The van der Waals surface area contributed by atoms with E-state index in [0.29, 0.717) is 12.8 Å². The first-order valence-corrected chi connectivity index (χ1v) is 18.4. The van der Waals surface area contributed by atoms with Gasteiger partial charge < -0.3 is 9.84 Å². The molecule has 0 fully saturated rings. The van der Waals surface area contributed by atoms with Crippen LogP contribution in [-0.4, -0.2) is 24.2 Å². The Labute approximate surface area is 256 Å². The zero-order valence-electron chi connectivity index (χ0n) is 28.0. The summed E-state index contributed by atoms with van der Waals surface area (Å²) in [6.07, 6.45) is 37.4. The topological polar surface area (TPSA) is 63.6 Å². The maximum absolute atomic E-state index is 12.5. The second-order valence-corrected chi connectivity index (χ2v) is 12.8. The lowest BCUT2D eigenvalue weighted by molar-refractivity contribution is -0.156. The van der Waals surface area contributed by atoms with E-state index >= 15 is 0 Å². The highest BCUT2D eigenvalue weighted by Crippen LogP contribution is 2.27. The number of ether oxygens (including phenoxy) is 1. The van der Waals surface area contributed by atoms with E-state index in [1.807, 2.05) is 0 Å². The van der Waals surface area contributed by atoms with E-state index in [1.54, 1.807) is 0 Å². The maximum Gasteiger partial charge on any atom is 0.309 e. The molecule has 0 radical (unpaired) electrons. The van der Waals surface area contributed by atoms with Crippen LogP contribution in [0.15, 0.2) is 0 Å². The molecule has 0 saturated carbocycles. The molecule has 244 valence electrons. The first-order valence-electron chi connectivity index (χ1n) is 18.4. The molecule has 2 unspecified atom stereocenters. The number of methoxy groups -OCH3 is 1. The SMILES string of the molecule is CCCCCCCCCCCCCCCCC(C(=O)O)C(CCCCCCCCCCCCCCCC)C(=O)OC. The number of carbonyl (C=O) groups is 2. The molecule has 0 aromatic heterocycles. The van der Waals surface area contributed by atoms with Crippen molar-refractivity contribution >= 4 is 11.9 Å². The third-order valence-electron chi connectivity index (χ3n) is 9.04. The number of unbranched alkanes of at least 4 members (excludes halogenated alkanes) is 26. The first kappa shape index (κ1) is 39.9. The number of rotatable bonds is 33. The van der Waals surface area contributed by atoms with E-state index in [9.17, 15) is 14.7 Å². The van der Waals surface area contributed by atoms with Gasteiger partial charge in [0.05, 0.1) is 18.9 Å². The number of hydrogen-bond acceptors (Lipinski definition) is 3. The summed E-state index contributed by atoms with van der Waals surface area (Å²) in [6.45, 7) is 4.54. The van der Waals surface area contributed by atoms with Crippen molar-refractivity contribution in [2.75, 3.05) is 7.11 Å². The van der Waals surface area contributed by atoms with Crippen LogP contribution in [0.2, 0.25) is 0 Å². The van der Waals surface area contributed by atoms with E-state index in [4.69, 9.17) is 4.74 Å². The summed E-state index contributed by atoms with van der Waals surface area (Å²) in [5.74, 6) is -2.28. The number of hydrogen-bond donors (Lipinski definition) is 1. The Balaban J connectivity index is 3.93. The van der Waals surface area contributed by atoms with Crippen molar-refractivity contribution in [3.63, 3.8) is 0 Å². The largest absolute Gasteiger partial charge is 0.481 e. The van der Waals surface area contributed by atoms with Gasteiger partial charge in [0.1, 0.15) is 0 Å². The molecule has 0 aliphatic carbocycles. The van der Waals surface area contributed by atoms with Crippen molar-refractivity contribution in [3.05, 3.63) is 0 Å². The molecule has 0 aliphatic rings. The molecule has 0 rings (SSSR count). The molecule has 0 aliphatic heterocycles. The Morgan fingerprint density at radius 1 is 0.439 bits per heavy atom. The fourth-order valence-electron chi connectivity index (χ4n) is 6.25. The second kappa shape index (κ2) is 31.9. The normalized spacial score (nSPS) is 12.9. The molecule has 0 amide bonds. The van der Waals surface area contributed by atoms with Crippen molar-refractivity contribution in [2.45, 2.75) is 206 Å². The van der Waals surface area contributed by atoms with Crippen molar-refractivity contribution in [3.8, 4) is 0 Å². The average Bonchev–Trinajstić information content (AvgIpc) is 2.97. The fraction of sp³-hybridized carbons (Fsp3) is 0.946. The third-order valence-corrected chi connectivity index (χ3v) is 9.04. The zero-order valence-corrected chi connectivity index (χ0v) is 28.0. The van der Waals surface area contributed by atoms with Crippen LogP contribution >= 0.6 is 0 Å². The molecule has 0 aromatic rings. The van der Waals surface area contributed by atoms with Gasteiger partial charge in [-0.2, -0.15) is 0 Å². The summed E-state index contributed by atoms with van der Waals surface area (Å²) in [7, 11) is 1.39. The quantitative estimate of drug-likeness (QED) is 0.0619. The number of aliphatic carboxylic acids is 1. The Bertz CT molecular complexity index is 561. The second-order valence-electron chi connectivity index (χ2n) is 12.8. The van der Waals surface area contributed by atoms with E-state index < -0.39 is 17.8 Å². The lowest BCUT2D eigenvalue weighted by Crippen LogP contribution is -2.31. The molecule has 1 N–H and O–H groups in total. The van der Waals surface area contributed by atoms with Crippen molar-refractivity contribution < 1.29 is 19.4 Å². The molecule has 0 heterocycles. The van der Waals surface area contributed by atoms with E-state index in [0.717, 1.165) is 25.7 Å². The summed E-state index contributed by atoms with van der Waals surface area (Å²) in [6, 6.07) is 0. The van der Waals surface area contributed by atoms with Gasteiger partial charge in [0, 0.05) is 0 Å². The van der Waals surface area contributed by atoms with Gasteiger partial charge in [-0.1, -0.05) is 194 Å². The summed E-state index contributed by atoms with van der Waals surface area (Å²) >= 11 is 0. The maximum atomic E-state index is 12.5. The first-order chi connectivity index (χ1) is 20.1. The molecule has 0 spiro atoms. The van der Waals surface area contributed by atoms with E-state index in [1.165, 1.54) is 161 Å². The summed E-state index contributed by atoms with van der Waals surface area (Å²) in [5, 5.41) is 9.90. The van der Waals surface area contributed by atoms with Crippen molar-refractivity contribution in [1.29, 1.82) is 0 Å². The van der Waals surface area contributed by atoms with Crippen LogP contribution in [0.3, 0.4) is 0 Å². The van der Waals surface area contributed by atoms with Gasteiger partial charge in [0.2, 0.25) is 0 Å². The van der Waals surface area contributed by atoms with Gasteiger partial charge >= 0.3 is 11.9 Å². The summed E-state index contributed by atoms with van der Waals surface area (Å²) in [5.41, 5.74) is 0. The summed E-state index contributed by atoms with van der Waals surface area (Å²) in [4.78, 5) is 24.6. The molecule has 0 saturated heterocycles. The van der Waals surface area contributed by atoms with E-state index in [2.05, 4.69) is 13.8 Å². The van der Waals surface area contributed by atoms with Crippen LogP contribution in [0.5, 0.6) is 0 Å². The minimum absolute atomic E-state index is 0.336. The number of carbonyl (C=O) groups excluding carboxylic acids is 1. The zero-order chi connectivity index (χ0) is 30.2. The predicted octanol–water partition coefficient (Wildman–Crippen LogP) is 12.2. The standard InChI is InChI=1S/C37H72O4/c1-4-6-8-10-12-14-16-18-20-22-24-26-28-30-32-34(36(38)39)35(37(40)41-3)33-31-29-27-25-23-21-19-17-15-13-11-9-7-5-2/h34-35H,4-33H2,1-3H3,(H,38,39). The van der Waals surface area contributed by atoms with Crippen LogP contribution in [0.25, 0.3) is 0 Å². The van der Waals surface area contributed by atoms with Crippen LogP contribution in [-0.2, 0) is 14.3 Å². The Morgan fingerprint density at radius 2 is 0.683 bits per heavy atom. The van der Waals surface area contributed by atoms with E-state index in [-0.39, 0.29) is 5.97 Å². The Hall–Kier alpha value is -1.06. The van der Waals surface area contributed by atoms with Crippen molar-refractivity contribution in [1.82, 2.24) is 0 Å². The van der Waals surface area contributed by atoms with Crippen molar-refractivity contribution in [2.24, 2.45) is 11.8 Å². The van der Waals surface area contributed by atoms with Crippen LogP contribution in [0.4, 0.5) is 0 Å². The molecular weight excluding hydrogens is 508 g/mol. The molecule has 41 heavy (non-hydrogen) atoms. The molecule has 2 atom stereocenters. The lowest BCUT2D eigenvalue weighted by atomic mass is 9.83. The van der Waals surface area contributed by atoms with Crippen LogP contribution < -0.4 is 0 Å². The molecule has 4 heteroatoms. The number of esters is 1. The van der Waals surface area contributed by atoms with Gasteiger partial charge in [-0.25, -0.2) is 0 Å². The minimum atomic E-state index is -0.833. The lowest BCUT2D eigenvalue weighted by Gasteiger charge is -2.22. The highest BCUT2D eigenvalue weighted by atomic mass is 16.5.